The van der Waals surface area contributed by atoms with E-state index >= 15 is 0 Å². The lowest BCUT2D eigenvalue weighted by Gasteiger charge is -2.43. The average Bonchev–Trinajstić information content (AvgIpc) is 3.51. The van der Waals surface area contributed by atoms with E-state index in [2.05, 4.69) is 15.7 Å². The number of carbonyl (C=O) groups excluding carboxylic acids is 3. The zero-order valence-corrected chi connectivity index (χ0v) is 18.0. The predicted octanol–water partition coefficient (Wildman–Crippen LogP) is 2.09. The third-order valence-corrected chi connectivity index (χ3v) is 6.16. The van der Waals surface area contributed by atoms with E-state index in [9.17, 15) is 14.4 Å². The number of aromatic nitrogens is 2. The van der Waals surface area contributed by atoms with Gasteiger partial charge in [0.15, 0.2) is 5.69 Å². The standard InChI is InChI=1S/C22H29N5O4/c1-3-10-26-20(29)18-12-17(19(28)23-13-16-9-6-11-31-16)25-27(18)14-22(26,2)21(30)24-15-7-4-5-8-15/h6,9,11-12,15H,3-5,7-8,10,13-14H2,1-2H3,(H,23,28)(H,24,30). The van der Waals surface area contributed by atoms with E-state index < -0.39 is 11.4 Å². The molecule has 0 aromatic carbocycles. The molecule has 1 unspecified atom stereocenters. The van der Waals surface area contributed by atoms with E-state index in [1.165, 1.54) is 17.0 Å². The Balaban J connectivity index is 1.55. The van der Waals surface area contributed by atoms with Gasteiger partial charge in [0, 0.05) is 18.7 Å². The Morgan fingerprint density at radius 3 is 2.77 bits per heavy atom. The molecule has 0 radical (unpaired) electrons. The Kier molecular flexibility index (Phi) is 5.84. The zero-order chi connectivity index (χ0) is 22.0. The summed E-state index contributed by atoms with van der Waals surface area (Å²) in [5.41, 5.74) is -0.592. The fourth-order valence-electron chi connectivity index (χ4n) is 4.41. The molecule has 9 nitrogen and oxygen atoms in total. The molecule has 1 fully saturated rings. The fraction of sp³-hybridized carbons (Fsp3) is 0.545. The van der Waals surface area contributed by atoms with E-state index in [0.717, 1.165) is 32.1 Å². The summed E-state index contributed by atoms with van der Waals surface area (Å²) in [7, 11) is 0. The highest BCUT2D eigenvalue weighted by atomic mass is 16.3. The molecule has 1 aliphatic carbocycles. The van der Waals surface area contributed by atoms with E-state index in [1.807, 2.05) is 6.92 Å². The van der Waals surface area contributed by atoms with Gasteiger partial charge in [0.25, 0.3) is 11.8 Å². The second-order valence-corrected chi connectivity index (χ2v) is 8.52. The minimum absolute atomic E-state index is 0.145. The summed E-state index contributed by atoms with van der Waals surface area (Å²) in [5, 5.41) is 10.2. The summed E-state index contributed by atoms with van der Waals surface area (Å²) >= 11 is 0. The maximum atomic E-state index is 13.3. The fourth-order valence-corrected chi connectivity index (χ4v) is 4.41. The van der Waals surface area contributed by atoms with Crippen LogP contribution in [0.4, 0.5) is 0 Å². The van der Waals surface area contributed by atoms with Crippen LogP contribution in [0.3, 0.4) is 0 Å². The van der Waals surface area contributed by atoms with Gasteiger partial charge in [-0.3, -0.25) is 19.1 Å². The molecule has 2 aliphatic rings. The van der Waals surface area contributed by atoms with Gasteiger partial charge in [0.05, 0.1) is 19.4 Å². The number of furan rings is 1. The number of rotatable bonds is 7. The minimum atomic E-state index is -1.06. The van der Waals surface area contributed by atoms with Crippen LogP contribution >= 0.6 is 0 Å². The monoisotopic (exact) mass is 427 g/mol. The molecule has 3 amide bonds. The molecule has 3 heterocycles. The molecule has 1 aliphatic heterocycles. The Morgan fingerprint density at radius 2 is 2.10 bits per heavy atom. The van der Waals surface area contributed by atoms with Gasteiger partial charge in [-0.25, -0.2) is 0 Å². The third-order valence-electron chi connectivity index (χ3n) is 6.16. The summed E-state index contributed by atoms with van der Waals surface area (Å²) in [6.45, 7) is 4.65. The molecule has 0 saturated heterocycles. The highest BCUT2D eigenvalue weighted by Gasteiger charge is 2.48. The summed E-state index contributed by atoms with van der Waals surface area (Å²) < 4.78 is 6.71. The van der Waals surface area contributed by atoms with Gasteiger partial charge >= 0.3 is 0 Å². The Bertz CT molecular complexity index is 961. The molecule has 0 spiro atoms. The van der Waals surface area contributed by atoms with Crippen LogP contribution < -0.4 is 10.6 Å². The van der Waals surface area contributed by atoms with E-state index in [1.54, 1.807) is 24.0 Å². The topological polar surface area (TPSA) is 109 Å². The number of hydrogen-bond donors (Lipinski definition) is 2. The van der Waals surface area contributed by atoms with Crippen molar-refractivity contribution < 1.29 is 18.8 Å². The first-order valence-electron chi connectivity index (χ1n) is 10.9. The summed E-state index contributed by atoms with van der Waals surface area (Å²) in [4.78, 5) is 40.7. The molecular weight excluding hydrogens is 398 g/mol. The zero-order valence-electron chi connectivity index (χ0n) is 18.0. The van der Waals surface area contributed by atoms with Crippen LogP contribution in [0.1, 0.15) is 72.7 Å². The first kappa shape index (κ1) is 21.1. The summed E-state index contributed by atoms with van der Waals surface area (Å²) in [5.74, 6) is -0.218. The Morgan fingerprint density at radius 1 is 1.32 bits per heavy atom. The first-order valence-corrected chi connectivity index (χ1v) is 10.9. The van der Waals surface area contributed by atoms with Crippen LogP contribution in [-0.4, -0.2) is 50.5 Å². The van der Waals surface area contributed by atoms with Crippen LogP contribution in [0, 0.1) is 0 Å². The highest BCUT2D eigenvalue weighted by Crippen LogP contribution is 2.29. The van der Waals surface area contributed by atoms with Crippen molar-refractivity contribution >= 4 is 17.7 Å². The van der Waals surface area contributed by atoms with Crippen molar-refractivity contribution in [2.24, 2.45) is 0 Å². The molecule has 1 saturated carbocycles. The highest BCUT2D eigenvalue weighted by molar-refractivity contribution is 6.01. The van der Waals surface area contributed by atoms with Crippen LogP contribution in [0.2, 0.25) is 0 Å². The lowest BCUT2D eigenvalue weighted by molar-refractivity contribution is -0.133. The number of nitrogens with one attached hydrogen (secondary N) is 2. The van der Waals surface area contributed by atoms with Crippen LogP contribution in [0.15, 0.2) is 28.9 Å². The van der Waals surface area contributed by atoms with Gasteiger partial charge in [0.2, 0.25) is 5.91 Å². The molecule has 2 aromatic rings. The molecule has 1 atom stereocenters. The van der Waals surface area contributed by atoms with E-state index in [-0.39, 0.29) is 36.6 Å². The van der Waals surface area contributed by atoms with Gasteiger partial charge in [0.1, 0.15) is 17.0 Å². The van der Waals surface area contributed by atoms with Crippen molar-refractivity contribution in [1.82, 2.24) is 25.3 Å². The normalized spacial score (nSPS) is 21.2. The summed E-state index contributed by atoms with van der Waals surface area (Å²) in [6, 6.07) is 5.16. The predicted molar refractivity (Wildman–Crippen MR) is 112 cm³/mol. The summed E-state index contributed by atoms with van der Waals surface area (Å²) in [6.07, 6.45) is 6.42. The van der Waals surface area contributed by atoms with Crippen molar-refractivity contribution in [2.75, 3.05) is 6.54 Å². The molecule has 166 valence electrons. The van der Waals surface area contributed by atoms with Crippen LogP contribution in [0.25, 0.3) is 0 Å². The Hall–Kier alpha value is -3.10. The van der Waals surface area contributed by atoms with Gasteiger partial charge in [-0.1, -0.05) is 19.8 Å². The average molecular weight is 428 g/mol. The Labute approximate surface area is 181 Å². The SMILES string of the molecule is CCCN1C(=O)c2cc(C(=O)NCc3ccco3)nn2CC1(C)C(=O)NC1CCCC1. The maximum Gasteiger partial charge on any atom is 0.273 e. The third kappa shape index (κ3) is 4.08. The molecule has 2 N–H and O–H groups in total. The first-order chi connectivity index (χ1) is 14.9. The van der Waals surface area contributed by atoms with Crippen molar-refractivity contribution in [3.05, 3.63) is 41.6 Å². The number of carbonyl (C=O) groups is 3. The van der Waals surface area contributed by atoms with Crippen molar-refractivity contribution in [1.29, 1.82) is 0 Å². The van der Waals surface area contributed by atoms with Crippen LogP contribution in [-0.2, 0) is 17.9 Å². The van der Waals surface area contributed by atoms with Crippen molar-refractivity contribution in [3.8, 4) is 0 Å². The number of amides is 3. The number of nitrogens with zero attached hydrogens (tertiary/aromatic N) is 3. The molecule has 4 rings (SSSR count). The maximum absolute atomic E-state index is 13.3. The molecular formula is C22H29N5O4. The second kappa shape index (κ2) is 8.56. The smallest absolute Gasteiger partial charge is 0.273 e. The van der Waals surface area contributed by atoms with Gasteiger partial charge in [-0.2, -0.15) is 5.10 Å². The largest absolute Gasteiger partial charge is 0.467 e. The van der Waals surface area contributed by atoms with E-state index in [0.29, 0.717) is 18.0 Å². The lowest BCUT2D eigenvalue weighted by Crippen LogP contribution is -2.65. The molecule has 31 heavy (non-hydrogen) atoms. The van der Waals surface area contributed by atoms with E-state index in [4.69, 9.17) is 4.42 Å². The van der Waals surface area contributed by atoms with Gasteiger partial charge in [-0.15, -0.1) is 0 Å². The number of hydrogen-bond acceptors (Lipinski definition) is 5. The van der Waals surface area contributed by atoms with Gasteiger partial charge in [-0.05, 0) is 38.3 Å². The minimum Gasteiger partial charge on any atom is -0.467 e. The lowest BCUT2D eigenvalue weighted by atomic mass is 9.94. The van der Waals surface area contributed by atoms with Gasteiger partial charge < -0.3 is 20.0 Å². The van der Waals surface area contributed by atoms with Crippen molar-refractivity contribution in [2.45, 2.75) is 70.6 Å². The van der Waals surface area contributed by atoms with Crippen LogP contribution in [0.5, 0.6) is 0 Å². The number of fused-ring (bicyclic) bond motifs is 1. The van der Waals surface area contributed by atoms with Crippen molar-refractivity contribution in [3.63, 3.8) is 0 Å². The molecule has 9 heteroatoms. The second-order valence-electron chi connectivity index (χ2n) is 8.52. The quantitative estimate of drug-likeness (QED) is 0.703. The molecule has 2 aromatic heterocycles. The molecule has 0 bridgehead atoms.